The quantitative estimate of drug-likeness (QED) is 0.674. The third kappa shape index (κ3) is 1.72. The molecule has 5 bridgehead atoms. The second-order valence-corrected chi connectivity index (χ2v) is 9.75. The first-order valence-electron chi connectivity index (χ1n) is 11.1. The monoisotopic (exact) mass is 389 g/mol. The lowest BCUT2D eigenvalue weighted by Crippen LogP contribution is -2.61. The maximum atomic E-state index is 12.2. The van der Waals surface area contributed by atoms with Crippen molar-refractivity contribution in [2.24, 2.45) is 17.8 Å². The number of rotatable bonds is 5. The van der Waals surface area contributed by atoms with Gasteiger partial charge in [0.25, 0.3) is 0 Å². The molecule has 0 aliphatic carbocycles. The second kappa shape index (κ2) is 5.52. The van der Waals surface area contributed by atoms with E-state index in [-0.39, 0.29) is 23.5 Å². The molecule has 6 aliphatic heterocycles. The van der Waals surface area contributed by atoms with E-state index < -0.39 is 11.9 Å². The van der Waals surface area contributed by atoms with Gasteiger partial charge in [-0.15, -0.1) is 0 Å². The minimum atomic E-state index is -0.500. The molecule has 0 radical (unpaired) electrons. The molecule has 5 saturated heterocycles. The molecule has 0 N–H and O–H groups in total. The van der Waals surface area contributed by atoms with E-state index in [4.69, 9.17) is 18.9 Å². The van der Waals surface area contributed by atoms with E-state index in [1.165, 1.54) is 25.8 Å². The molecule has 6 rings (SSSR count). The Kier molecular flexibility index (Phi) is 3.50. The molecule has 0 aromatic carbocycles. The summed E-state index contributed by atoms with van der Waals surface area (Å²) >= 11 is 0. The summed E-state index contributed by atoms with van der Waals surface area (Å²) in [5.74, 6) is 0.872. The van der Waals surface area contributed by atoms with Gasteiger partial charge in [0.15, 0.2) is 11.9 Å². The van der Waals surface area contributed by atoms with Crippen LogP contribution < -0.4 is 0 Å². The largest absolute Gasteiger partial charge is 0.496 e. The molecule has 6 heteroatoms. The zero-order chi connectivity index (χ0) is 19.4. The van der Waals surface area contributed by atoms with Gasteiger partial charge in [-0.25, -0.2) is 4.79 Å². The second-order valence-electron chi connectivity index (χ2n) is 9.75. The molecule has 6 nitrogen and oxygen atoms in total. The first-order chi connectivity index (χ1) is 13.5. The van der Waals surface area contributed by atoms with Gasteiger partial charge in [-0.1, -0.05) is 26.7 Å². The summed E-state index contributed by atoms with van der Waals surface area (Å²) in [6.45, 7) is 7.49. The number of fused-ring (bicyclic) bond motifs is 1. The topological polar surface area (TPSA) is 57.2 Å². The number of nitrogens with zero attached hydrogens (tertiary/aromatic N) is 1. The Morgan fingerprint density at radius 3 is 2.89 bits per heavy atom. The molecule has 5 fully saturated rings. The smallest absolute Gasteiger partial charge is 0.338 e. The molecule has 154 valence electrons. The third-order valence-corrected chi connectivity index (χ3v) is 8.92. The highest BCUT2D eigenvalue weighted by atomic mass is 16.7. The van der Waals surface area contributed by atoms with Crippen LogP contribution >= 0.6 is 0 Å². The fourth-order valence-corrected chi connectivity index (χ4v) is 8.05. The van der Waals surface area contributed by atoms with Crippen LogP contribution in [0.2, 0.25) is 0 Å². The van der Waals surface area contributed by atoms with Crippen molar-refractivity contribution in [2.45, 2.75) is 88.6 Å². The molecule has 28 heavy (non-hydrogen) atoms. The zero-order valence-corrected chi connectivity index (χ0v) is 17.3. The number of piperidine rings is 1. The van der Waals surface area contributed by atoms with Crippen molar-refractivity contribution < 1.29 is 23.7 Å². The lowest BCUT2D eigenvalue weighted by Gasteiger charge is -2.49. The summed E-state index contributed by atoms with van der Waals surface area (Å²) < 4.78 is 25.0. The Balaban J connectivity index is 1.39. The molecule has 1 spiro atoms. The highest BCUT2D eigenvalue weighted by Crippen LogP contribution is 2.72. The number of cyclic esters (lactones) is 1. The van der Waals surface area contributed by atoms with Crippen molar-refractivity contribution in [1.82, 2.24) is 4.90 Å². The van der Waals surface area contributed by atoms with Crippen LogP contribution in [0.3, 0.4) is 0 Å². The van der Waals surface area contributed by atoms with Gasteiger partial charge in [0.2, 0.25) is 0 Å². The van der Waals surface area contributed by atoms with E-state index in [1.807, 2.05) is 0 Å². The van der Waals surface area contributed by atoms with Gasteiger partial charge in [0.05, 0.1) is 24.3 Å². The summed E-state index contributed by atoms with van der Waals surface area (Å²) in [7, 11) is 1.62. The Hall–Kier alpha value is -1.11. The van der Waals surface area contributed by atoms with Gasteiger partial charge < -0.3 is 18.9 Å². The molecule has 6 heterocycles. The maximum absolute atomic E-state index is 12.2. The summed E-state index contributed by atoms with van der Waals surface area (Å²) in [4.78, 5) is 15.0. The molecule has 6 aliphatic rings. The van der Waals surface area contributed by atoms with Gasteiger partial charge in [-0.2, -0.15) is 0 Å². The molecular weight excluding hydrogens is 358 g/mol. The number of unbranched alkanes of at least 4 members (excludes halogenated alkanes) is 1. The molecule has 0 amide bonds. The lowest BCUT2D eigenvalue weighted by molar-refractivity contribution is -0.280. The van der Waals surface area contributed by atoms with E-state index in [0.717, 1.165) is 12.8 Å². The van der Waals surface area contributed by atoms with E-state index >= 15 is 0 Å². The number of hydrogen-bond acceptors (Lipinski definition) is 6. The SMILES string of the molecule is CCCC[C@@]12C3C[C@H]4[C@H]5[C@H](C)[C@@H]([C@H]6OC(=O)C(C)=C6OC)O[C@]5(O3)[C@@H]1CCN42. The third-order valence-electron chi connectivity index (χ3n) is 8.92. The van der Waals surface area contributed by atoms with Crippen LogP contribution in [0.1, 0.15) is 52.9 Å². The minimum absolute atomic E-state index is 0.175. The van der Waals surface area contributed by atoms with Gasteiger partial charge in [-0.05, 0) is 38.6 Å². The van der Waals surface area contributed by atoms with Crippen LogP contribution in [0.25, 0.3) is 0 Å². The van der Waals surface area contributed by atoms with Crippen LogP contribution in [-0.2, 0) is 23.7 Å². The lowest BCUT2D eigenvalue weighted by atomic mass is 9.69. The normalized spacial score (nSPS) is 55.4. The summed E-state index contributed by atoms with van der Waals surface area (Å²) in [5, 5.41) is 0. The maximum Gasteiger partial charge on any atom is 0.338 e. The van der Waals surface area contributed by atoms with Crippen molar-refractivity contribution in [3.8, 4) is 0 Å². The summed E-state index contributed by atoms with van der Waals surface area (Å²) in [6, 6.07) is 0.530. The van der Waals surface area contributed by atoms with Crippen LogP contribution in [0.4, 0.5) is 0 Å². The zero-order valence-electron chi connectivity index (χ0n) is 17.3. The molecule has 0 aromatic rings. The van der Waals surface area contributed by atoms with E-state index in [0.29, 0.717) is 35.3 Å². The summed E-state index contributed by atoms with van der Waals surface area (Å²) in [5.41, 5.74) is 0.739. The van der Waals surface area contributed by atoms with Crippen LogP contribution in [0, 0.1) is 17.8 Å². The molecule has 0 aromatic heterocycles. The number of ether oxygens (including phenoxy) is 4. The number of methoxy groups -OCH3 is 1. The molecular formula is C22H31NO5. The first-order valence-corrected chi connectivity index (χ1v) is 11.1. The number of hydrogen-bond donors (Lipinski definition) is 0. The number of carbonyl (C=O) groups excluding carboxylic acids is 1. The molecule has 2 unspecified atom stereocenters. The van der Waals surface area contributed by atoms with E-state index in [1.54, 1.807) is 14.0 Å². The van der Waals surface area contributed by atoms with Crippen molar-refractivity contribution >= 4 is 5.97 Å². The highest BCUT2D eigenvalue weighted by molar-refractivity contribution is 5.91. The van der Waals surface area contributed by atoms with Crippen LogP contribution in [-0.4, -0.2) is 60.2 Å². The number of carbonyl (C=O) groups is 1. The minimum Gasteiger partial charge on any atom is -0.496 e. The van der Waals surface area contributed by atoms with Gasteiger partial charge in [0, 0.05) is 17.9 Å². The van der Waals surface area contributed by atoms with Gasteiger partial charge in [-0.3, -0.25) is 4.90 Å². The van der Waals surface area contributed by atoms with Crippen molar-refractivity contribution in [3.05, 3.63) is 11.3 Å². The standard InChI is InChI=1S/C22H31NO5/c1-5-6-8-21-14-7-9-23(21)13-10-15(21)27-22(14)16(13)11(2)18(28-22)19-17(25-4)12(3)20(24)26-19/h11,13-16,18-19H,5-10H2,1-4H3/t11-,13-,14+,15?,16+,18-,19-,21-,22+/m0/s1. The van der Waals surface area contributed by atoms with Gasteiger partial charge in [0.1, 0.15) is 11.9 Å². The van der Waals surface area contributed by atoms with Crippen LogP contribution in [0.5, 0.6) is 0 Å². The molecule has 10 atom stereocenters. The fourth-order valence-electron chi connectivity index (χ4n) is 8.05. The molecule has 0 saturated carbocycles. The summed E-state index contributed by atoms with van der Waals surface area (Å²) in [6.07, 6.45) is 5.60. The Bertz CT molecular complexity index is 766. The van der Waals surface area contributed by atoms with Crippen molar-refractivity contribution in [1.29, 1.82) is 0 Å². The van der Waals surface area contributed by atoms with E-state index in [9.17, 15) is 4.79 Å². The van der Waals surface area contributed by atoms with Crippen molar-refractivity contribution in [2.75, 3.05) is 13.7 Å². The average molecular weight is 389 g/mol. The van der Waals surface area contributed by atoms with Crippen molar-refractivity contribution in [3.63, 3.8) is 0 Å². The number of esters is 1. The fraction of sp³-hybridized carbons (Fsp3) is 0.864. The predicted molar refractivity (Wildman–Crippen MR) is 100 cm³/mol. The Morgan fingerprint density at radius 1 is 1.32 bits per heavy atom. The van der Waals surface area contributed by atoms with E-state index in [2.05, 4.69) is 18.7 Å². The van der Waals surface area contributed by atoms with Crippen LogP contribution in [0.15, 0.2) is 11.3 Å². The Morgan fingerprint density at radius 2 is 2.14 bits per heavy atom. The van der Waals surface area contributed by atoms with Gasteiger partial charge >= 0.3 is 5.97 Å². The average Bonchev–Trinajstić information content (AvgIpc) is 3.38. The predicted octanol–water partition coefficient (Wildman–Crippen LogP) is 2.62. The first kappa shape index (κ1) is 17.7. The highest BCUT2D eigenvalue weighted by Gasteiger charge is 2.83. The Labute approximate surface area is 166 Å².